The van der Waals surface area contributed by atoms with Crippen LogP contribution in [0.3, 0.4) is 0 Å². The number of carbonyl (C=O) groups excluding carboxylic acids is 1. The predicted molar refractivity (Wildman–Crippen MR) is 126 cm³/mol. The van der Waals surface area contributed by atoms with Gasteiger partial charge in [-0.1, -0.05) is 52.3 Å². The number of amides is 1. The first-order chi connectivity index (χ1) is 15.1. The molecule has 1 aromatic heterocycles. The number of hydrogen-bond donors (Lipinski definition) is 1. The normalized spacial score (nSPS) is 15.2. The molecule has 0 aliphatic carbocycles. The van der Waals surface area contributed by atoms with Gasteiger partial charge >= 0.3 is 0 Å². The number of hydrogen-bond acceptors (Lipinski definition) is 3. The Balaban J connectivity index is 1.24. The molecule has 4 rings (SSSR count). The third-order valence-electron chi connectivity index (χ3n) is 5.99. The molecule has 31 heavy (non-hydrogen) atoms. The summed E-state index contributed by atoms with van der Waals surface area (Å²) in [6, 6.07) is 16.9. The Bertz CT molecular complexity index is 1020. The van der Waals surface area contributed by atoms with Crippen molar-refractivity contribution in [3.63, 3.8) is 0 Å². The van der Waals surface area contributed by atoms with Gasteiger partial charge in [-0.2, -0.15) is 0 Å². The van der Waals surface area contributed by atoms with E-state index in [9.17, 15) is 4.79 Å². The van der Waals surface area contributed by atoms with Crippen LogP contribution in [0.15, 0.2) is 65.4 Å². The lowest BCUT2D eigenvalue weighted by Gasteiger charge is -2.31. The molecule has 3 aromatic rings. The number of benzene rings is 2. The van der Waals surface area contributed by atoms with Crippen molar-refractivity contribution in [1.29, 1.82) is 0 Å². The molecule has 1 N–H and O–H groups in total. The minimum atomic E-state index is 0.107. The Hall–Kier alpha value is -2.44. The minimum absolute atomic E-state index is 0.107. The van der Waals surface area contributed by atoms with E-state index in [4.69, 9.17) is 0 Å². The van der Waals surface area contributed by atoms with Crippen LogP contribution in [0.4, 0.5) is 0 Å². The maximum atomic E-state index is 12.7. The first kappa shape index (κ1) is 21.8. The van der Waals surface area contributed by atoms with Gasteiger partial charge in [0.05, 0.1) is 0 Å². The number of carbonyl (C=O) groups is 1. The Morgan fingerprint density at radius 1 is 1.06 bits per heavy atom. The van der Waals surface area contributed by atoms with Gasteiger partial charge in [-0.05, 0) is 61.7 Å². The molecule has 0 saturated carbocycles. The van der Waals surface area contributed by atoms with E-state index in [-0.39, 0.29) is 11.8 Å². The van der Waals surface area contributed by atoms with Crippen molar-refractivity contribution >= 4 is 21.8 Å². The number of imidazole rings is 1. The summed E-state index contributed by atoms with van der Waals surface area (Å²) in [5.41, 5.74) is 3.66. The van der Waals surface area contributed by atoms with E-state index in [0.29, 0.717) is 6.54 Å². The van der Waals surface area contributed by atoms with E-state index in [0.717, 1.165) is 54.9 Å². The molecule has 2 aromatic carbocycles. The summed E-state index contributed by atoms with van der Waals surface area (Å²) in [7, 11) is 0. The van der Waals surface area contributed by atoms with Crippen molar-refractivity contribution < 1.29 is 4.79 Å². The largest absolute Gasteiger partial charge is 0.352 e. The molecule has 0 atom stereocenters. The Morgan fingerprint density at radius 2 is 1.77 bits per heavy atom. The van der Waals surface area contributed by atoms with Gasteiger partial charge in [0.2, 0.25) is 5.91 Å². The number of halogens is 1. The number of nitrogens with one attached hydrogen (secondary N) is 1. The summed E-state index contributed by atoms with van der Waals surface area (Å²) in [5, 5.41) is 3.16. The SMILES string of the molecule is Cc1nccn1Cc1cccc(CNC(=O)C2CCN(Cc3cccc(Br)c3)CC2)c1. The van der Waals surface area contributed by atoms with Crippen molar-refractivity contribution in [2.24, 2.45) is 5.92 Å². The van der Waals surface area contributed by atoms with Crippen LogP contribution in [0.5, 0.6) is 0 Å². The zero-order valence-electron chi connectivity index (χ0n) is 17.9. The van der Waals surface area contributed by atoms with E-state index < -0.39 is 0 Å². The fourth-order valence-electron chi connectivity index (χ4n) is 4.19. The molecule has 6 heteroatoms. The molecule has 0 spiro atoms. The molecular weight excluding hydrogens is 452 g/mol. The molecular formula is C25H29BrN4O. The van der Waals surface area contributed by atoms with E-state index in [1.54, 1.807) is 0 Å². The van der Waals surface area contributed by atoms with Gasteiger partial charge in [0.1, 0.15) is 5.82 Å². The molecule has 1 saturated heterocycles. The summed E-state index contributed by atoms with van der Waals surface area (Å²) in [6.45, 7) is 6.25. The van der Waals surface area contributed by atoms with Crippen LogP contribution in [0, 0.1) is 12.8 Å². The number of rotatable bonds is 7. The third kappa shape index (κ3) is 6.05. The van der Waals surface area contributed by atoms with E-state index in [1.165, 1.54) is 11.1 Å². The second-order valence-corrected chi connectivity index (χ2v) is 9.24. The average Bonchev–Trinajstić information content (AvgIpc) is 3.17. The molecule has 2 heterocycles. The molecule has 1 aliphatic heterocycles. The van der Waals surface area contributed by atoms with Crippen molar-refractivity contribution in [2.75, 3.05) is 13.1 Å². The molecule has 0 radical (unpaired) electrons. The van der Waals surface area contributed by atoms with Crippen LogP contribution in [0.25, 0.3) is 0 Å². The lowest BCUT2D eigenvalue weighted by atomic mass is 9.95. The smallest absolute Gasteiger partial charge is 0.223 e. The number of aromatic nitrogens is 2. The fourth-order valence-corrected chi connectivity index (χ4v) is 4.63. The van der Waals surface area contributed by atoms with Gasteiger partial charge in [-0.15, -0.1) is 0 Å². The van der Waals surface area contributed by atoms with Gasteiger partial charge in [0.25, 0.3) is 0 Å². The van der Waals surface area contributed by atoms with Crippen LogP contribution >= 0.6 is 15.9 Å². The summed E-state index contributed by atoms with van der Waals surface area (Å²) in [6.07, 6.45) is 5.65. The highest BCUT2D eigenvalue weighted by Crippen LogP contribution is 2.21. The van der Waals surface area contributed by atoms with Gasteiger partial charge in [-0.25, -0.2) is 4.98 Å². The lowest BCUT2D eigenvalue weighted by molar-refractivity contribution is -0.126. The standard InChI is InChI=1S/C25H29BrN4O/c1-19-27-10-13-30(19)18-21-5-2-4-20(14-21)16-28-25(31)23-8-11-29(12-9-23)17-22-6-3-7-24(26)15-22/h2-7,10,13-15,23H,8-9,11-12,16-18H2,1H3,(H,28,31). The molecule has 5 nitrogen and oxygen atoms in total. The van der Waals surface area contributed by atoms with Crippen molar-refractivity contribution in [3.8, 4) is 0 Å². The highest BCUT2D eigenvalue weighted by atomic mass is 79.9. The van der Waals surface area contributed by atoms with E-state index in [1.807, 2.05) is 19.3 Å². The Morgan fingerprint density at radius 3 is 2.48 bits per heavy atom. The second kappa shape index (κ2) is 10.2. The molecule has 0 bridgehead atoms. The first-order valence-corrected chi connectivity index (χ1v) is 11.7. The third-order valence-corrected chi connectivity index (χ3v) is 6.48. The number of piperidine rings is 1. The maximum Gasteiger partial charge on any atom is 0.223 e. The lowest BCUT2D eigenvalue weighted by Crippen LogP contribution is -2.40. The van der Waals surface area contributed by atoms with Gasteiger partial charge in [0.15, 0.2) is 0 Å². The van der Waals surface area contributed by atoms with Crippen LogP contribution in [0.2, 0.25) is 0 Å². The molecule has 1 fully saturated rings. The quantitative estimate of drug-likeness (QED) is 0.540. The van der Waals surface area contributed by atoms with Crippen LogP contribution in [0.1, 0.15) is 35.4 Å². The van der Waals surface area contributed by atoms with Crippen molar-refractivity contribution in [1.82, 2.24) is 19.8 Å². The summed E-state index contributed by atoms with van der Waals surface area (Å²) in [5.74, 6) is 1.29. The molecule has 0 unspecified atom stereocenters. The summed E-state index contributed by atoms with van der Waals surface area (Å²) in [4.78, 5) is 19.4. The van der Waals surface area contributed by atoms with Crippen LogP contribution in [-0.2, 0) is 24.4 Å². The Kier molecular flexibility index (Phi) is 7.20. The first-order valence-electron chi connectivity index (χ1n) is 10.9. The highest BCUT2D eigenvalue weighted by Gasteiger charge is 2.24. The topological polar surface area (TPSA) is 50.2 Å². The van der Waals surface area contributed by atoms with Crippen LogP contribution in [-0.4, -0.2) is 33.4 Å². The summed E-state index contributed by atoms with van der Waals surface area (Å²) >= 11 is 3.54. The second-order valence-electron chi connectivity index (χ2n) is 8.32. The average molecular weight is 481 g/mol. The molecule has 1 amide bonds. The monoisotopic (exact) mass is 480 g/mol. The predicted octanol–water partition coefficient (Wildman–Crippen LogP) is 4.53. The van der Waals surface area contributed by atoms with Gasteiger partial charge < -0.3 is 9.88 Å². The number of aryl methyl sites for hydroxylation is 1. The molecule has 1 aliphatic rings. The fraction of sp³-hybridized carbons (Fsp3) is 0.360. The highest BCUT2D eigenvalue weighted by molar-refractivity contribution is 9.10. The van der Waals surface area contributed by atoms with Crippen LogP contribution < -0.4 is 5.32 Å². The number of likely N-dealkylation sites (tertiary alicyclic amines) is 1. The van der Waals surface area contributed by atoms with Gasteiger partial charge in [0, 0.05) is 42.4 Å². The van der Waals surface area contributed by atoms with Crippen molar-refractivity contribution in [3.05, 3.63) is 87.9 Å². The van der Waals surface area contributed by atoms with Gasteiger partial charge in [-0.3, -0.25) is 9.69 Å². The van der Waals surface area contributed by atoms with E-state index >= 15 is 0 Å². The van der Waals surface area contributed by atoms with Crippen molar-refractivity contribution in [2.45, 2.75) is 39.4 Å². The molecule has 162 valence electrons. The minimum Gasteiger partial charge on any atom is -0.352 e. The Labute approximate surface area is 192 Å². The zero-order valence-corrected chi connectivity index (χ0v) is 19.5. The maximum absolute atomic E-state index is 12.7. The van der Waals surface area contributed by atoms with E-state index in [2.05, 4.69) is 84.2 Å². The zero-order chi connectivity index (χ0) is 21.6. The summed E-state index contributed by atoms with van der Waals surface area (Å²) < 4.78 is 3.24. The number of nitrogens with zero attached hydrogens (tertiary/aromatic N) is 3.